The van der Waals surface area contributed by atoms with Crippen molar-refractivity contribution >= 4 is 17.5 Å². The Bertz CT molecular complexity index is 838. The summed E-state index contributed by atoms with van der Waals surface area (Å²) < 4.78 is 34.5. The molecule has 1 aliphatic rings. The number of para-hydroxylation sites is 1. The summed E-state index contributed by atoms with van der Waals surface area (Å²) in [5.41, 5.74) is 0.749. The molecule has 148 valence electrons. The van der Waals surface area contributed by atoms with Crippen LogP contribution in [0.5, 0.6) is 5.75 Å². The second-order valence-electron chi connectivity index (χ2n) is 6.25. The van der Waals surface area contributed by atoms with Gasteiger partial charge in [0.1, 0.15) is 5.75 Å². The smallest absolute Gasteiger partial charge is 0.387 e. The van der Waals surface area contributed by atoms with Crippen LogP contribution in [0.25, 0.3) is 0 Å². The highest BCUT2D eigenvalue weighted by Crippen LogP contribution is 2.20. The van der Waals surface area contributed by atoms with Gasteiger partial charge in [0.25, 0.3) is 11.8 Å². The van der Waals surface area contributed by atoms with Gasteiger partial charge >= 0.3 is 6.61 Å². The molecule has 6 nitrogen and oxygen atoms in total. The Hall–Kier alpha value is -3.00. The molecule has 1 saturated heterocycles. The van der Waals surface area contributed by atoms with E-state index >= 15 is 0 Å². The van der Waals surface area contributed by atoms with Crippen molar-refractivity contribution in [2.75, 3.05) is 18.5 Å². The Morgan fingerprint density at radius 3 is 2.71 bits per heavy atom. The van der Waals surface area contributed by atoms with E-state index in [9.17, 15) is 18.4 Å². The number of ether oxygens (including phenoxy) is 2. The number of hydrogen-bond acceptors (Lipinski definition) is 4. The van der Waals surface area contributed by atoms with Gasteiger partial charge in [-0.15, -0.1) is 0 Å². The minimum atomic E-state index is -2.98. The van der Waals surface area contributed by atoms with Crippen LogP contribution in [0.15, 0.2) is 48.5 Å². The predicted molar refractivity (Wildman–Crippen MR) is 98.8 cm³/mol. The van der Waals surface area contributed by atoms with Crippen LogP contribution in [0.1, 0.15) is 33.6 Å². The van der Waals surface area contributed by atoms with Crippen molar-refractivity contribution < 1.29 is 27.8 Å². The van der Waals surface area contributed by atoms with Crippen LogP contribution in [-0.2, 0) is 4.74 Å². The van der Waals surface area contributed by atoms with E-state index < -0.39 is 12.5 Å². The Morgan fingerprint density at radius 1 is 1.14 bits per heavy atom. The number of carbonyl (C=O) groups is 2. The molecule has 0 saturated carbocycles. The van der Waals surface area contributed by atoms with Crippen LogP contribution in [0.2, 0.25) is 0 Å². The number of nitrogens with one attached hydrogen (secondary N) is 2. The Morgan fingerprint density at radius 2 is 1.96 bits per heavy atom. The second-order valence-corrected chi connectivity index (χ2v) is 6.25. The highest BCUT2D eigenvalue weighted by Gasteiger charge is 2.19. The number of rotatable bonds is 7. The van der Waals surface area contributed by atoms with E-state index in [2.05, 4.69) is 15.4 Å². The number of anilines is 1. The highest BCUT2D eigenvalue weighted by molar-refractivity contribution is 6.09. The van der Waals surface area contributed by atoms with E-state index in [1.807, 2.05) is 0 Å². The van der Waals surface area contributed by atoms with Gasteiger partial charge in [0.05, 0.1) is 17.4 Å². The van der Waals surface area contributed by atoms with Gasteiger partial charge in [-0.1, -0.05) is 18.2 Å². The van der Waals surface area contributed by atoms with Crippen molar-refractivity contribution in [3.8, 4) is 5.75 Å². The van der Waals surface area contributed by atoms with E-state index in [0.717, 1.165) is 12.8 Å². The molecule has 2 aromatic carbocycles. The molecular formula is C20H20F2N2O4. The zero-order valence-electron chi connectivity index (χ0n) is 15.0. The van der Waals surface area contributed by atoms with Crippen molar-refractivity contribution in [3.63, 3.8) is 0 Å². The maximum Gasteiger partial charge on any atom is 0.387 e. The Labute approximate surface area is 160 Å². The lowest BCUT2D eigenvalue weighted by Gasteiger charge is -2.14. The first-order valence-corrected chi connectivity index (χ1v) is 8.88. The summed E-state index contributed by atoms with van der Waals surface area (Å²) in [6, 6.07) is 12.0. The van der Waals surface area contributed by atoms with E-state index in [0.29, 0.717) is 24.4 Å². The van der Waals surface area contributed by atoms with Crippen LogP contribution in [0.4, 0.5) is 14.5 Å². The van der Waals surface area contributed by atoms with Gasteiger partial charge in [0, 0.05) is 18.7 Å². The van der Waals surface area contributed by atoms with Crippen molar-refractivity contribution in [2.45, 2.75) is 25.6 Å². The molecule has 0 bridgehead atoms. The predicted octanol–water partition coefficient (Wildman–Crippen LogP) is 3.45. The maximum absolute atomic E-state index is 12.5. The lowest BCUT2D eigenvalue weighted by atomic mass is 10.1. The first-order chi connectivity index (χ1) is 13.5. The summed E-state index contributed by atoms with van der Waals surface area (Å²) in [7, 11) is 0. The zero-order valence-corrected chi connectivity index (χ0v) is 15.0. The van der Waals surface area contributed by atoms with Crippen LogP contribution >= 0.6 is 0 Å². The summed E-state index contributed by atoms with van der Waals surface area (Å²) in [5, 5.41) is 5.45. The monoisotopic (exact) mass is 390 g/mol. The minimum Gasteiger partial charge on any atom is -0.435 e. The third-order valence-electron chi connectivity index (χ3n) is 4.26. The van der Waals surface area contributed by atoms with Crippen molar-refractivity contribution in [3.05, 3.63) is 59.7 Å². The molecule has 1 fully saturated rings. The Kier molecular flexibility index (Phi) is 6.54. The molecule has 28 heavy (non-hydrogen) atoms. The second kappa shape index (κ2) is 9.27. The SMILES string of the molecule is O=C(Nc1ccccc1C(=O)NCC1CCCO1)c1cccc(OC(F)F)c1. The van der Waals surface area contributed by atoms with E-state index in [4.69, 9.17) is 4.74 Å². The third kappa shape index (κ3) is 5.26. The molecule has 0 aliphatic carbocycles. The van der Waals surface area contributed by atoms with Crippen LogP contribution in [0, 0.1) is 0 Å². The van der Waals surface area contributed by atoms with E-state index in [1.165, 1.54) is 24.3 Å². The fraction of sp³-hybridized carbons (Fsp3) is 0.300. The van der Waals surface area contributed by atoms with Crippen LogP contribution < -0.4 is 15.4 Å². The summed E-state index contributed by atoms with van der Waals surface area (Å²) >= 11 is 0. The van der Waals surface area contributed by atoms with Crippen molar-refractivity contribution in [1.82, 2.24) is 5.32 Å². The zero-order chi connectivity index (χ0) is 19.9. The van der Waals surface area contributed by atoms with Crippen molar-refractivity contribution in [2.24, 2.45) is 0 Å². The van der Waals surface area contributed by atoms with Gasteiger partial charge in [-0.05, 0) is 43.2 Å². The number of carbonyl (C=O) groups excluding carboxylic acids is 2. The maximum atomic E-state index is 12.5. The molecule has 1 heterocycles. The number of alkyl halides is 2. The quantitative estimate of drug-likeness (QED) is 0.759. The summed E-state index contributed by atoms with van der Waals surface area (Å²) in [4.78, 5) is 25.0. The topological polar surface area (TPSA) is 76.7 Å². The lowest BCUT2D eigenvalue weighted by molar-refractivity contribution is -0.0498. The minimum absolute atomic E-state index is 0.00304. The van der Waals surface area contributed by atoms with Gasteiger partial charge in [-0.2, -0.15) is 8.78 Å². The van der Waals surface area contributed by atoms with E-state index in [-0.39, 0.29) is 23.3 Å². The van der Waals surface area contributed by atoms with E-state index in [1.54, 1.807) is 24.3 Å². The first-order valence-electron chi connectivity index (χ1n) is 8.88. The molecule has 1 atom stereocenters. The first kappa shape index (κ1) is 19.8. The molecule has 0 aromatic heterocycles. The number of benzene rings is 2. The lowest BCUT2D eigenvalue weighted by Crippen LogP contribution is -2.32. The fourth-order valence-corrected chi connectivity index (χ4v) is 2.91. The van der Waals surface area contributed by atoms with Crippen molar-refractivity contribution in [1.29, 1.82) is 0 Å². The number of hydrogen-bond donors (Lipinski definition) is 2. The number of amides is 2. The summed E-state index contributed by atoms with van der Waals surface area (Å²) in [5.74, 6) is -0.995. The Balaban J connectivity index is 1.68. The normalized spacial score (nSPS) is 16.0. The molecule has 0 spiro atoms. The number of halogens is 2. The third-order valence-corrected chi connectivity index (χ3v) is 4.26. The molecule has 2 amide bonds. The molecule has 0 radical (unpaired) electrons. The highest BCUT2D eigenvalue weighted by atomic mass is 19.3. The summed E-state index contributed by atoms with van der Waals surface area (Å²) in [6.07, 6.45) is 1.88. The molecule has 1 aliphatic heterocycles. The summed E-state index contributed by atoms with van der Waals surface area (Å²) in [6.45, 7) is -1.89. The molecule has 8 heteroatoms. The average Bonchev–Trinajstić information content (AvgIpc) is 3.20. The standard InChI is InChI=1S/C20H20F2N2O4/c21-20(22)28-14-6-3-5-13(11-14)18(25)24-17-9-2-1-8-16(17)19(26)23-12-15-7-4-10-27-15/h1-3,5-6,8-9,11,15,20H,4,7,10,12H2,(H,23,26)(H,24,25). The van der Waals surface area contributed by atoms with Crippen LogP contribution in [0.3, 0.4) is 0 Å². The van der Waals surface area contributed by atoms with Gasteiger partial charge in [0.15, 0.2) is 0 Å². The average molecular weight is 390 g/mol. The molecule has 3 rings (SSSR count). The van der Waals surface area contributed by atoms with Gasteiger partial charge < -0.3 is 20.1 Å². The molecule has 2 N–H and O–H groups in total. The molecule has 2 aromatic rings. The molecular weight excluding hydrogens is 370 g/mol. The molecule has 1 unspecified atom stereocenters. The van der Waals surface area contributed by atoms with Gasteiger partial charge in [-0.3, -0.25) is 9.59 Å². The van der Waals surface area contributed by atoms with Gasteiger partial charge in [-0.25, -0.2) is 0 Å². The fourth-order valence-electron chi connectivity index (χ4n) is 2.91. The van der Waals surface area contributed by atoms with Gasteiger partial charge in [0.2, 0.25) is 0 Å². The largest absolute Gasteiger partial charge is 0.435 e. The van der Waals surface area contributed by atoms with Crippen LogP contribution in [-0.4, -0.2) is 37.7 Å².